The summed E-state index contributed by atoms with van der Waals surface area (Å²) in [4.78, 5) is 0. The fraction of sp³-hybridized carbons (Fsp3) is 0.333. The molecule has 0 amide bonds. The van der Waals surface area contributed by atoms with Gasteiger partial charge in [0.05, 0.1) is 0 Å². The van der Waals surface area contributed by atoms with E-state index in [4.69, 9.17) is 23.1 Å². The second kappa shape index (κ2) is 3.90. The minimum atomic E-state index is -0.0812. The van der Waals surface area contributed by atoms with Crippen LogP contribution in [-0.4, -0.2) is 6.54 Å². The number of halogens is 1. The maximum absolute atomic E-state index is 5.79. The van der Waals surface area contributed by atoms with Gasteiger partial charge < -0.3 is 11.5 Å². The molecule has 0 aliphatic rings. The number of nitrogens with two attached hydrogens (primary N) is 2. The van der Waals surface area contributed by atoms with Crippen LogP contribution < -0.4 is 11.5 Å². The fourth-order valence-electron chi connectivity index (χ4n) is 1.18. The quantitative estimate of drug-likeness (QED) is 0.734. The van der Waals surface area contributed by atoms with Gasteiger partial charge in [-0.2, -0.15) is 0 Å². The summed E-state index contributed by atoms with van der Waals surface area (Å²) in [7, 11) is 0. The van der Waals surface area contributed by atoms with Crippen LogP contribution in [0.5, 0.6) is 0 Å². The lowest BCUT2D eigenvalue weighted by Gasteiger charge is -2.12. The average molecular weight is 185 g/mol. The van der Waals surface area contributed by atoms with Crippen LogP contribution in [0, 0.1) is 6.92 Å². The molecule has 0 aliphatic heterocycles. The fourth-order valence-corrected chi connectivity index (χ4v) is 1.41. The molecule has 0 radical (unpaired) electrons. The van der Waals surface area contributed by atoms with E-state index < -0.39 is 0 Å². The lowest BCUT2D eigenvalue weighted by Crippen LogP contribution is -2.21. The number of rotatable bonds is 2. The molecule has 0 heterocycles. The van der Waals surface area contributed by atoms with Gasteiger partial charge in [-0.1, -0.05) is 17.7 Å². The highest BCUT2D eigenvalue weighted by atomic mass is 35.5. The van der Waals surface area contributed by atoms with Crippen molar-refractivity contribution in [1.82, 2.24) is 0 Å². The largest absolute Gasteiger partial charge is 0.329 e. The molecule has 0 spiro atoms. The molecule has 1 atom stereocenters. The molecule has 1 aromatic carbocycles. The summed E-state index contributed by atoms with van der Waals surface area (Å²) in [5.74, 6) is 0. The summed E-state index contributed by atoms with van der Waals surface area (Å²) in [6.45, 7) is 2.44. The van der Waals surface area contributed by atoms with Crippen molar-refractivity contribution in [1.29, 1.82) is 0 Å². The summed E-state index contributed by atoms with van der Waals surface area (Å²) >= 11 is 5.79. The summed E-state index contributed by atoms with van der Waals surface area (Å²) in [5.41, 5.74) is 13.4. The minimum Gasteiger partial charge on any atom is -0.329 e. The van der Waals surface area contributed by atoms with E-state index in [1.54, 1.807) is 0 Å². The van der Waals surface area contributed by atoms with Gasteiger partial charge in [-0.25, -0.2) is 0 Å². The van der Waals surface area contributed by atoms with Gasteiger partial charge in [0.2, 0.25) is 0 Å². The molecule has 0 bridgehead atoms. The zero-order valence-corrected chi connectivity index (χ0v) is 7.81. The van der Waals surface area contributed by atoms with Crippen molar-refractivity contribution in [3.63, 3.8) is 0 Å². The Kier molecular flexibility index (Phi) is 3.09. The van der Waals surface area contributed by atoms with E-state index >= 15 is 0 Å². The van der Waals surface area contributed by atoms with Crippen molar-refractivity contribution in [2.45, 2.75) is 13.0 Å². The molecule has 1 rings (SSSR count). The van der Waals surface area contributed by atoms with Crippen LogP contribution in [0.3, 0.4) is 0 Å². The molecule has 0 fully saturated rings. The smallest absolute Gasteiger partial charge is 0.0422 e. The molecule has 12 heavy (non-hydrogen) atoms. The van der Waals surface area contributed by atoms with Crippen molar-refractivity contribution >= 4 is 11.6 Å². The summed E-state index contributed by atoms with van der Waals surface area (Å²) < 4.78 is 0. The van der Waals surface area contributed by atoms with Gasteiger partial charge in [-0.05, 0) is 30.2 Å². The SMILES string of the molecule is Cc1cc(Cl)ccc1C(N)CN. The van der Waals surface area contributed by atoms with Gasteiger partial charge in [-0.15, -0.1) is 0 Å². The zero-order valence-electron chi connectivity index (χ0n) is 7.05. The molecule has 0 aliphatic carbocycles. The third-order valence-electron chi connectivity index (χ3n) is 1.89. The zero-order chi connectivity index (χ0) is 9.14. The Morgan fingerprint density at radius 2 is 2.17 bits per heavy atom. The minimum absolute atomic E-state index is 0.0812. The van der Waals surface area contributed by atoms with Gasteiger partial charge in [0.1, 0.15) is 0 Å². The Hall–Kier alpha value is -0.570. The predicted octanol–water partition coefficient (Wildman–Crippen LogP) is 1.61. The Bertz CT molecular complexity index is 273. The molecule has 66 valence electrons. The van der Waals surface area contributed by atoms with E-state index in [9.17, 15) is 0 Å². The normalized spacial score (nSPS) is 13.0. The summed E-state index contributed by atoms with van der Waals surface area (Å²) in [6, 6.07) is 5.57. The number of benzene rings is 1. The number of aryl methyl sites for hydroxylation is 1. The average Bonchev–Trinajstić information content (AvgIpc) is 2.03. The van der Waals surface area contributed by atoms with Crippen LogP contribution in [0.25, 0.3) is 0 Å². The van der Waals surface area contributed by atoms with E-state index in [-0.39, 0.29) is 6.04 Å². The lowest BCUT2D eigenvalue weighted by molar-refractivity contribution is 0.732. The predicted molar refractivity (Wildman–Crippen MR) is 52.2 cm³/mol. The third-order valence-corrected chi connectivity index (χ3v) is 2.12. The monoisotopic (exact) mass is 184 g/mol. The van der Waals surface area contributed by atoms with Gasteiger partial charge in [0.25, 0.3) is 0 Å². The first kappa shape index (κ1) is 9.52. The molecule has 0 saturated heterocycles. The number of hydrogen-bond donors (Lipinski definition) is 2. The van der Waals surface area contributed by atoms with E-state index in [0.29, 0.717) is 6.54 Å². The molecule has 4 N–H and O–H groups in total. The van der Waals surface area contributed by atoms with Crippen LogP contribution in [0.15, 0.2) is 18.2 Å². The van der Waals surface area contributed by atoms with Crippen LogP contribution in [0.1, 0.15) is 17.2 Å². The Balaban J connectivity index is 3.01. The molecular formula is C9H13ClN2. The Labute approximate surface area is 77.5 Å². The topological polar surface area (TPSA) is 52.0 Å². The first-order chi connectivity index (χ1) is 5.65. The van der Waals surface area contributed by atoms with Crippen molar-refractivity contribution in [3.05, 3.63) is 34.3 Å². The van der Waals surface area contributed by atoms with E-state index in [1.165, 1.54) is 0 Å². The van der Waals surface area contributed by atoms with Crippen LogP contribution >= 0.6 is 11.6 Å². The molecule has 3 heteroatoms. The Morgan fingerprint density at radius 1 is 1.50 bits per heavy atom. The van der Waals surface area contributed by atoms with Crippen LogP contribution in [0.4, 0.5) is 0 Å². The first-order valence-electron chi connectivity index (χ1n) is 3.87. The van der Waals surface area contributed by atoms with Gasteiger partial charge in [-0.3, -0.25) is 0 Å². The second-order valence-corrected chi connectivity index (χ2v) is 3.28. The van der Waals surface area contributed by atoms with Crippen molar-refractivity contribution in [2.75, 3.05) is 6.54 Å². The van der Waals surface area contributed by atoms with Crippen molar-refractivity contribution in [3.8, 4) is 0 Å². The molecular weight excluding hydrogens is 172 g/mol. The third kappa shape index (κ3) is 1.97. The Morgan fingerprint density at radius 3 is 2.67 bits per heavy atom. The molecule has 2 nitrogen and oxygen atoms in total. The molecule has 0 saturated carbocycles. The van der Waals surface area contributed by atoms with Crippen molar-refractivity contribution in [2.24, 2.45) is 11.5 Å². The van der Waals surface area contributed by atoms with E-state index in [0.717, 1.165) is 16.1 Å². The summed E-state index contributed by atoms with van der Waals surface area (Å²) in [6.07, 6.45) is 0. The van der Waals surface area contributed by atoms with Gasteiger partial charge in [0.15, 0.2) is 0 Å². The van der Waals surface area contributed by atoms with E-state index in [1.807, 2.05) is 25.1 Å². The highest BCUT2D eigenvalue weighted by molar-refractivity contribution is 6.30. The van der Waals surface area contributed by atoms with Gasteiger partial charge in [0, 0.05) is 17.6 Å². The van der Waals surface area contributed by atoms with Crippen molar-refractivity contribution < 1.29 is 0 Å². The standard InChI is InChI=1S/C9H13ClN2/c1-6-4-7(10)2-3-8(6)9(12)5-11/h2-4,9H,5,11-12H2,1H3. The second-order valence-electron chi connectivity index (χ2n) is 2.84. The molecule has 1 aromatic rings. The molecule has 1 unspecified atom stereocenters. The number of hydrogen-bond acceptors (Lipinski definition) is 2. The first-order valence-corrected chi connectivity index (χ1v) is 4.24. The van der Waals surface area contributed by atoms with Gasteiger partial charge >= 0.3 is 0 Å². The molecule has 0 aromatic heterocycles. The lowest BCUT2D eigenvalue weighted by atomic mass is 10.0. The maximum atomic E-state index is 5.79. The van der Waals surface area contributed by atoms with Crippen LogP contribution in [-0.2, 0) is 0 Å². The highest BCUT2D eigenvalue weighted by Gasteiger charge is 2.06. The highest BCUT2D eigenvalue weighted by Crippen LogP contribution is 2.19. The summed E-state index contributed by atoms with van der Waals surface area (Å²) in [5, 5.41) is 0.737. The van der Waals surface area contributed by atoms with E-state index in [2.05, 4.69) is 0 Å². The van der Waals surface area contributed by atoms with Crippen LogP contribution in [0.2, 0.25) is 5.02 Å². The maximum Gasteiger partial charge on any atom is 0.0422 e.